The summed E-state index contributed by atoms with van der Waals surface area (Å²) in [7, 11) is 4.55. The maximum atomic E-state index is 13.5. The van der Waals surface area contributed by atoms with Crippen molar-refractivity contribution in [2.24, 2.45) is 0 Å². The highest BCUT2D eigenvalue weighted by Gasteiger charge is 2.42. The van der Waals surface area contributed by atoms with E-state index in [2.05, 4.69) is 6.58 Å². The second kappa shape index (κ2) is 7.83. The molecule has 0 saturated heterocycles. The number of nitrogens with zero attached hydrogens (tertiary/aromatic N) is 1. The summed E-state index contributed by atoms with van der Waals surface area (Å²) in [4.78, 5) is 28.3. The Morgan fingerprint density at radius 1 is 1.06 bits per heavy atom. The van der Waals surface area contributed by atoms with E-state index in [0.29, 0.717) is 39.3 Å². The molecule has 1 aliphatic heterocycles. The minimum Gasteiger partial charge on any atom is -0.493 e. The molecule has 31 heavy (non-hydrogen) atoms. The summed E-state index contributed by atoms with van der Waals surface area (Å²) in [6, 6.07) is 8.12. The van der Waals surface area contributed by atoms with Gasteiger partial charge in [-0.25, -0.2) is 0 Å². The largest absolute Gasteiger partial charge is 0.493 e. The van der Waals surface area contributed by atoms with Crippen LogP contribution in [0.15, 0.2) is 52.2 Å². The first-order valence-corrected chi connectivity index (χ1v) is 9.74. The molecule has 1 amide bonds. The van der Waals surface area contributed by atoms with Crippen LogP contribution in [0.3, 0.4) is 0 Å². The molecule has 0 N–H and O–H groups in total. The summed E-state index contributed by atoms with van der Waals surface area (Å²) in [5.74, 6) is 0.958. The maximum Gasteiger partial charge on any atom is 0.291 e. The van der Waals surface area contributed by atoms with E-state index in [-0.39, 0.29) is 23.6 Å². The number of carbonyl (C=O) groups excluding carboxylic acids is 1. The van der Waals surface area contributed by atoms with Gasteiger partial charge in [0.15, 0.2) is 16.9 Å². The second-order valence-electron chi connectivity index (χ2n) is 7.28. The van der Waals surface area contributed by atoms with E-state index in [1.54, 1.807) is 35.2 Å². The first kappa shape index (κ1) is 20.5. The molecule has 2 aromatic carbocycles. The van der Waals surface area contributed by atoms with Crippen LogP contribution in [-0.4, -0.2) is 38.7 Å². The summed E-state index contributed by atoms with van der Waals surface area (Å²) in [6.07, 6.45) is 1.61. The predicted octanol–water partition coefficient (Wildman–Crippen LogP) is 3.86. The minimum atomic E-state index is -0.685. The van der Waals surface area contributed by atoms with E-state index in [1.807, 2.05) is 13.0 Å². The average molecular weight is 421 g/mol. The molecular weight excluding hydrogens is 398 g/mol. The van der Waals surface area contributed by atoms with Crippen molar-refractivity contribution in [1.29, 1.82) is 0 Å². The Kier molecular flexibility index (Phi) is 5.19. The molecule has 7 nitrogen and oxygen atoms in total. The van der Waals surface area contributed by atoms with Crippen molar-refractivity contribution in [2.45, 2.75) is 13.0 Å². The monoisotopic (exact) mass is 421 g/mol. The van der Waals surface area contributed by atoms with E-state index >= 15 is 0 Å². The van der Waals surface area contributed by atoms with Gasteiger partial charge in [-0.1, -0.05) is 17.7 Å². The Morgan fingerprint density at radius 2 is 1.74 bits per heavy atom. The van der Waals surface area contributed by atoms with Crippen LogP contribution in [-0.2, 0) is 0 Å². The van der Waals surface area contributed by atoms with Crippen molar-refractivity contribution in [3.63, 3.8) is 0 Å². The maximum absolute atomic E-state index is 13.5. The molecular formula is C24H23NO6. The predicted molar refractivity (Wildman–Crippen MR) is 116 cm³/mol. The van der Waals surface area contributed by atoms with Crippen molar-refractivity contribution < 1.29 is 23.4 Å². The van der Waals surface area contributed by atoms with E-state index in [0.717, 1.165) is 5.56 Å². The average Bonchev–Trinajstić information content (AvgIpc) is 3.05. The number of fused-ring (bicyclic) bond motifs is 2. The van der Waals surface area contributed by atoms with E-state index in [9.17, 15) is 9.59 Å². The molecule has 4 rings (SSSR count). The first-order chi connectivity index (χ1) is 14.9. The summed E-state index contributed by atoms with van der Waals surface area (Å²) in [5.41, 5.74) is 2.00. The fraction of sp³-hybridized carbons (Fsp3) is 0.250. The molecule has 0 aliphatic carbocycles. The molecule has 0 radical (unpaired) electrons. The molecule has 2 heterocycles. The van der Waals surface area contributed by atoms with E-state index in [4.69, 9.17) is 18.6 Å². The molecule has 0 spiro atoms. The third-order valence-electron chi connectivity index (χ3n) is 5.45. The zero-order valence-corrected chi connectivity index (χ0v) is 17.9. The lowest BCUT2D eigenvalue weighted by molar-refractivity contribution is 0.0748. The minimum absolute atomic E-state index is 0.0435. The first-order valence-electron chi connectivity index (χ1n) is 9.74. The van der Waals surface area contributed by atoms with Crippen LogP contribution < -0.4 is 19.6 Å². The molecule has 3 aromatic rings. The summed E-state index contributed by atoms with van der Waals surface area (Å²) < 4.78 is 22.3. The molecule has 1 atom stereocenters. The highest BCUT2D eigenvalue weighted by molar-refractivity contribution is 5.99. The molecule has 7 heteroatoms. The van der Waals surface area contributed by atoms with Crippen LogP contribution in [0.5, 0.6) is 17.2 Å². The third-order valence-corrected chi connectivity index (χ3v) is 5.45. The molecule has 1 aliphatic rings. The number of amides is 1. The van der Waals surface area contributed by atoms with E-state index < -0.39 is 6.04 Å². The van der Waals surface area contributed by atoms with Crippen molar-refractivity contribution in [3.05, 3.63) is 75.7 Å². The van der Waals surface area contributed by atoms with Crippen LogP contribution in [0.2, 0.25) is 0 Å². The van der Waals surface area contributed by atoms with Gasteiger partial charge in [-0.15, -0.1) is 6.58 Å². The molecule has 0 unspecified atom stereocenters. The summed E-state index contributed by atoms with van der Waals surface area (Å²) in [6.45, 7) is 5.90. The number of carbonyl (C=O) groups is 1. The topological polar surface area (TPSA) is 78.2 Å². The number of ether oxygens (including phenoxy) is 3. The van der Waals surface area contributed by atoms with Crippen LogP contribution >= 0.6 is 0 Å². The number of rotatable bonds is 6. The molecule has 0 saturated carbocycles. The van der Waals surface area contributed by atoms with Gasteiger partial charge in [0.05, 0.1) is 38.3 Å². The Morgan fingerprint density at radius 3 is 2.32 bits per heavy atom. The van der Waals surface area contributed by atoms with Crippen molar-refractivity contribution >= 4 is 16.9 Å². The molecule has 1 aromatic heterocycles. The quantitative estimate of drug-likeness (QED) is 0.563. The third kappa shape index (κ3) is 3.13. The Labute approximate surface area is 179 Å². The van der Waals surface area contributed by atoms with Crippen LogP contribution in [0.4, 0.5) is 0 Å². The van der Waals surface area contributed by atoms with Gasteiger partial charge in [0.1, 0.15) is 5.58 Å². The molecule has 0 fully saturated rings. The van der Waals surface area contributed by atoms with Crippen LogP contribution in [0.25, 0.3) is 11.0 Å². The fourth-order valence-electron chi connectivity index (χ4n) is 4.07. The van der Waals surface area contributed by atoms with Gasteiger partial charge in [-0.2, -0.15) is 0 Å². The number of benzene rings is 2. The number of aryl methyl sites for hydroxylation is 1. The zero-order valence-electron chi connectivity index (χ0n) is 17.9. The standard InChI is InChI=1S/C24H23NO6/c1-6-9-25-20(14-11-17(28-3)22(30-5)18(12-14)29-4)19-21(26)15-10-13(2)7-8-16(15)31-23(19)24(25)27/h6-8,10-12,20H,1,9H2,2-5H3/t20-/m1/s1. The van der Waals surface area contributed by atoms with Gasteiger partial charge < -0.3 is 23.5 Å². The highest BCUT2D eigenvalue weighted by atomic mass is 16.5. The smallest absolute Gasteiger partial charge is 0.291 e. The van der Waals surface area contributed by atoms with Crippen molar-refractivity contribution in [2.75, 3.05) is 27.9 Å². The van der Waals surface area contributed by atoms with Gasteiger partial charge >= 0.3 is 0 Å². The van der Waals surface area contributed by atoms with Gasteiger partial charge in [0.2, 0.25) is 11.5 Å². The normalized spacial score (nSPS) is 15.2. The van der Waals surface area contributed by atoms with Gasteiger partial charge in [0, 0.05) is 6.54 Å². The molecule has 0 bridgehead atoms. The Bertz CT molecular complexity index is 1230. The van der Waals surface area contributed by atoms with Crippen LogP contribution in [0, 0.1) is 6.92 Å². The summed E-state index contributed by atoms with van der Waals surface area (Å²) >= 11 is 0. The number of hydrogen-bond donors (Lipinski definition) is 0. The summed E-state index contributed by atoms with van der Waals surface area (Å²) in [5, 5.41) is 0.435. The Balaban J connectivity index is 2.03. The SMILES string of the molecule is C=CCN1C(=O)c2oc3ccc(C)cc3c(=O)c2[C@H]1c1cc(OC)c(OC)c(OC)c1. The zero-order chi connectivity index (χ0) is 22.3. The van der Waals surface area contributed by atoms with Gasteiger partial charge in [-0.3, -0.25) is 9.59 Å². The number of hydrogen-bond acceptors (Lipinski definition) is 6. The van der Waals surface area contributed by atoms with Crippen LogP contribution in [0.1, 0.15) is 33.3 Å². The fourth-order valence-corrected chi connectivity index (χ4v) is 4.07. The van der Waals surface area contributed by atoms with Crippen molar-refractivity contribution in [1.82, 2.24) is 4.90 Å². The second-order valence-corrected chi connectivity index (χ2v) is 7.28. The van der Waals surface area contributed by atoms with Gasteiger partial charge in [-0.05, 0) is 36.8 Å². The van der Waals surface area contributed by atoms with E-state index in [1.165, 1.54) is 21.3 Å². The molecule has 160 valence electrons. The number of methoxy groups -OCH3 is 3. The lowest BCUT2D eigenvalue weighted by Gasteiger charge is -2.25. The lowest BCUT2D eigenvalue weighted by atomic mass is 9.97. The van der Waals surface area contributed by atoms with Gasteiger partial charge in [0.25, 0.3) is 5.91 Å². The lowest BCUT2D eigenvalue weighted by Crippen LogP contribution is -2.29. The highest BCUT2D eigenvalue weighted by Crippen LogP contribution is 2.44. The Hall–Kier alpha value is -3.74. The van der Waals surface area contributed by atoms with Crippen molar-refractivity contribution in [3.8, 4) is 17.2 Å².